The van der Waals surface area contributed by atoms with Crippen molar-refractivity contribution in [1.29, 1.82) is 0 Å². The maximum absolute atomic E-state index is 13.1. The standard InChI is InChI=1S/C20H24N2O3S/c1-15-6-8-18(9-7-15)26(24,25)22-13-16-4-2-10-20(23,19(16)14-22)17-5-3-11-21-12-17/h3,5-9,11-12,16,19,23H,2,4,10,13-14H2,1H3/t16-,19+,20+/m0/s1. The zero-order chi connectivity index (χ0) is 18.4. The van der Waals surface area contributed by atoms with E-state index in [1.54, 1.807) is 28.8 Å². The first kappa shape index (κ1) is 17.6. The molecule has 0 amide bonds. The SMILES string of the molecule is Cc1ccc(S(=O)(=O)N2C[C@@H]3CCC[C@@](O)(c4cccnc4)[C@@H]3C2)cc1. The minimum absolute atomic E-state index is 0.0966. The minimum atomic E-state index is -3.54. The van der Waals surface area contributed by atoms with Gasteiger partial charge in [-0.3, -0.25) is 4.98 Å². The van der Waals surface area contributed by atoms with Crippen molar-refractivity contribution in [3.63, 3.8) is 0 Å². The number of hydrogen-bond acceptors (Lipinski definition) is 4. The first-order valence-corrected chi connectivity index (χ1v) is 10.5. The van der Waals surface area contributed by atoms with Crippen molar-refractivity contribution in [3.05, 3.63) is 59.9 Å². The second-order valence-electron chi connectivity index (χ2n) is 7.56. The Hall–Kier alpha value is -1.76. The van der Waals surface area contributed by atoms with E-state index in [1.165, 1.54) is 0 Å². The van der Waals surface area contributed by atoms with Gasteiger partial charge in [-0.05, 0) is 50.3 Å². The fourth-order valence-electron chi connectivity index (χ4n) is 4.52. The Morgan fingerprint density at radius 3 is 2.65 bits per heavy atom. The Balaban J connectivity index is 1.65. The summed E-state index contributed by atoms with van der Waals surface area (Å²) in [6, 6.07) is 10.7. The summed E-state index contributed by atoms with van der Waals surface area (Å²) in [5, 5.41) is 11.4. The minimum Gasteiger partial charge on any atom is -0.385 e. The van der Waals surface area contributed by atoms with Crippen LogP contribution in [0.3, 0.4) is 0 Å². The number of benzene rings is 1. The number of rotatable bonds is 3. The lowest BCUT2D eigenvalue weighted by atomic mass is 9.68. The molecule has 0 bridgehead atoms. The van der Waals surface area contributed by atoms with Gasteiger partial charge < -0.3 is 5.11 Å². The molecule has 5 nitrogen and oxygen atoms in total. The summed E-state index contributed by atoms with van der Waals surface area (Å²) in [6.07, 6.45) is 5.89. The highest BCUT2D eigenvalue weighted by molar-refractivity contribution is 7.89. The van der Waals surface area contributed by atoms with Crippen molar-refractivity contribution in [3.8, 4) is 0 Å². The van der Waals surface area contributed by atoms with E-state index in [-0.39, 0.29) is 11.8 Å². The van der Waals surface area contributed by atoms with Gasteiger partial charge in [0.25, 0.3) is 0 Å². The van der Waals surface area contributed by atoms with Gasteiger partial charge in [0, 0.05) is 37.0 Å². The molecule has 1 saturated carbocycles. The van der Waals surface area contributed by atoms with Gasteiger partial charge in [0.05, 0.1) is 10.5 Å². The highest BCUT2D eigenvalue weighted by Crippen LogP contribution is 2.48. The lowest BCUT2D eigenvalue weighted by Crippen LogP contribution is -2.43. The van der Waals surface area contributed by atoms with Gasteiger partial charge in [0.1, 0.15) is 0 Å². The summed E-state index contributed by atoms with van der Waals surface area (Å²) in [5.41, 5.74) is 0.823. The highest BCUT2D eigenvalue weighted by atomic mass is 32.2. The number of sulfonamides is 1. The second kappa shape index (κ2) is 6.44. The summed E-state index contributed by atoms with van der Waals surface area (Å²) < 4.78 is 27.7. The van der Waals surface area contributed by atoms with Crippen LogP contribution < -0.4 is 0 Å². The molecule has 1 N–H and O–H groups in total. The molecule has 0 unspecified atom stereocenters. The summed E-state index contributed by atoms with van der Waals surface area (Å²) in [7, 11) is -3.54. The predicted octanol–water partition coefficient (Wildman–Crippen LogP) is 2.70. The van der Waals surface area contributed by atoms with Gasteiger partial charge in [-0.1, -0.05) is 23.8 Å². The molecule has 138 valence electrons. The van der Waals surface area contributed by atoms with Crippen LogP contribution in [0.1, 0.15) is 30.4 Å². The summed E-state index contributed by atoms with van der Waals surface area (Å²) in [6.45, 7) is 2.77. The molecule has 1 aliphatic carbocycles. The van der Waals surface area contributed by atoms with Crippen LogP contribution in [0.4, 0.5) is 0 Å². The molecule has 2 heterocycles. The third kappa shape index (κ3) is 2.86. The average Bonchev–Trinajstić information content (AvgIpc) is 3.10. The lowest BCUT2D eigenvalue weighted by Gasteiger charge is -2.41. The van der Waals surface area contributed by atoms with Crippen LogP contribution in [0, 0.1) is 18.8 Å². The Labute approximate surface area is 154 Å². The maximum Gasteiger partial charge on any atom is 0.243 e. The quantitative estimate of drug-likeness (QED) is 0.899. The van der Waals surface area contributed by atoms with E-state index >= 15 is 0 Å². The van der Waals surface area contributed by atoms with Gasteiger partial charge in [-0.15, -0.1) is 0 Å². The normalized spacial score (nSPS) is 29.5. The Morgan fingerprint density at radius 1 is 1.19 bits per heavy atom. The Kier molecular flexibility index (Phi) is 4.37. The smallest absolute Gasteiger partial charge is 0.243 e. The number of aryl methyl sites for hydroxylation is 1. The van der Waals surface area contributed by atoms with E-state index in [0.717, 1.165) is 24.0 Å². The Bertz CT molecular complexity index is 883. The van der Waals surface area contributed by atoms with Crippen molar-refractivity contribution in [1.82, 2.24) is 9.29 Å². The first-order chi connectivity index (χ1) is 12.4. The fourth-order valence-corrected chi connectivity index (χ4v) is 6.04. The summed E-state index contributed by atoms with van der Waals surface area (Å²) >= 11 is 0. The van der Waals surface area contributed by atoms with E-state index in [2.05, 4.69) is 4.98 Å². The number of pyridine rings is 1. The maximum atomic E-state index is 13.1. The van der Waals surface area contributed by atoms with Crippen LogP contribution in [0.25, 0.3) is 0 Å². The van der Waals surface area contributed by atoms with Gasteiger partial charge >= 0.3 is 0 Å². The predicted molar refractivity (Wildman–Crippen MR) is 98.9 cm³/mol. The van der Waals surface area contributed by atoms with E-state index in [1.807, 2.05) is 31.2 Å². The summed E-state index contributed by atoms with van der Waals surface area (Å²) in [5.74, 6) is 0.0786. The Morgan fingerprint density at radius 2 is 1.96 bits per heavy atom. The lowest BCUT2D eigenvalue weighted by molar-refractivity contribution is -0.0643. The molecule has 2 aromatic rings. The number of aliphatic hydroxyl groups is 1. The number of hydrogen-bond donors (Lipinski definition) is 1. The third-order valence-corrected chi connectivity index (χ3v) is 7.82. The van der Waals surface area contributed by atoms with Gasteiger partial charge in [0.2, 0.25) is 10.0 Å². The van der Waals surface area contributed by atoms with Gasteiger partial charge in [-0.2, -0.15) is 4.31 Å². The van der Waals surface area contributed by atoms with Crippen molar-refractivity contribution < 1.29 is 13.5 Å². The monoisotopic (exact) mass is 372 g/mol. The molecular formula is C20H24N2O3S. The molecule has 2 aliphatic rings. The molecule has 3 atom stereocenters. The van der Waals surface area contributed by atoms with Crippen molar-refractivity contribution in [2.45, 2.75) is 36.7 Å². The fraction of sp³-hybridized carbons (Fsp3) is 0.450. The molecule has 1 aliphatic heterocycles. The number of aromatic nitrogens is 1. The van der Waals surface area contributed by atoms with Gasteiger partial charge in [-0.25, -0.2) is 8.42 Å². The van der Waals surface area contributed by atoms with Crippen molar-refractivity contribution in [2.75, 3.05) is 13.1 Å². The molecule has 6 heteroatoms. The molecule has 1 saturated heterocycles. The average molecular weight is 372 g/mol. The van der Waals surface area contributed by atoms with E-state index in [4.69, 9.17) is 0 Å². The molecule has 26 heavy (non-hydrogen) atoms. The molecule has 4 rings (SSSR count). The zero-order valence-electron chi connectivity index (χ0n) is 14.9. The van der Waals surface area contributed by atoms with Crippen LogP contribution in [0.2, 0.25) is 0 Å². The number of fused-ring (bicyclic) bond motifs is 1. The molecule has 0 radical (unpaired) electrons. The highest BCUT2D eigenvalue weighted by Gasteiger charge is 2.52. The van der Waals surface area contributed by atoms with Crippen LogP contribution >= 0.6 is 0 Å². The van der Waals surface area contributed by atoms with E-state index in [0.29, 0.717) is 24.4 Å². The van der Waals surface area contributed by atoms with E-state index < -0.39 is 15.6 Å². The van der Waals surface area contributed by atoms with Crippen LogP contribution in [-0.2, 0) is 15.6 Å². The first-order valence-electron chi connectivity index (χ1n) is 9.11. The van der Waals surface area contributed by atoms with Crippen LogP contribution in [0.15, 0.2) is 53.7 Å². The van der Waals surface area contributed by atoms with Crippen LogP contribution in [0.5, 0.6) is 0 Å². The summed E-state index contributed by atoms with van der Waals surface area (Å²) in [4.78, 5) is 4.48. The molecular weight excluding hydrogens is 348 g/mol. The molecule has 1 aromatic heterocycles. The molecule has 2 fully saturated rings. The molecule has 1 aromatic carbocycles. The topological polar surface area (TPSA) is 70.5 Å². The van der Waals surface area contributed by atoms with Crippen molar-refractivity contribution in [2.24, 2.45) is 11.8 Å². The second-order valence-corrected chi connectivity index (χ2v) is 9.50. The molecule has 0 spiro atoms. The largest absolute Gasteiger partial charge is 0.385 e. The van der Waals surface area contributed by atoms with Crippen molar-refractivity contribution >= 4 is 10.0 Å². The third-order valence-electron chi connectivity index (χ3n) is 5.97. The van der Waals surface area contributed by atoms with Gasteiger partial charge in [0.15, 0.2) is 0 Å². The zero-order valence-corrected chi connectivity index (χ0v) is 15.7. The van der Waals surface area contributed by atoms with E-state index in [9.17, 15) is 13.5 Å². The number of nitrogens with zero attached hydrogens (tertiary/aromatic N) is 2. The van der Waals surface area contributed by atoms with Crippen LogP contribution in [-0.4, -0.2) is 35.9 Å².